The number of rotatable bonds is 2. The first kappa shape index (κ1) is 13.5. The van der Waals surface area contributed by atoms with Crippen LogP contribution in [-0.4, -0.2) is 5.11 Å². The SMILES string of the molecule is Cc1cc(F)ccc1C(O)c1ccc(Br)cc1Cl. The first-order chi connectivity index (χ1) is 8.49. The van der Waals surface area contributed by atoms with Gasteiger partial charge in [-0.1, -0.05) is 39.7 Å². The molecule has 0 amide bonds. The summed E-state index contributed by atoms with van der Waals surface area (Å²) in [6.07, 6.45) is -0.855. The molecule has 0 spiro atoms. The lowest BCUT2D eigenvalue weighted by Gasteiger charge is -2.15. The van der Waals surface area contributed by atoms with Gasteiger partial charge in [-0.15, -0.1) is 0 Å². The van der Waals surface area contributed by atoms with Crippen LogP contribution in [-0.2, 0) is 0 Å². The normalized spacial score (nSPS) is 12.5. The standard InChI is InChI=1S/C14H11BrClFO/c1-8-6-10(17)3-5-11(8)14(18)12-4-2-9(15)7-13(12)16/h2-7,14,18H,1H3. The molecule has 0 aromatic heterocycles. The van der Waals surface area contributed by atoms with Crippen LogP contribution in [0.3, 0.4) is 0 Å². The molecule has 0 fully saturated rings. The van der Waals surface area contributed by atoms with E-state index in [1.54, 1.807) is 25.1 Å². The molecule has 2 aromatic rings. The lowest BCUT2D eigenvalue weighted by Crippen LogP contribution is -2.03. The van der Waals surface area contributed by atoms with Crippen LogP contribution >= 0.6 is 27.5 Å². The van der Waals surface area contributed by atoms with Crippen LogP contribution in [0, 0.1) is 12.7 Å². The third kappa shape index (κ3) is 2.74. The molecule has 2 aromatic carbocycles. The number of hydrogen-bond donors (Lipinski definition) is 1. The first-order valence-electron chi connectivity index (χ1n) is 5.38. The molecule has 1 N–H and O–H groups in total. The first-order valence-corrected chi connectivity index (χ1v) is 6.55. The van der Waals surface area contributed by atoms with E-state index in [0.29, 0.717) is 21.7 Å². The Hall–Kier alpha value is -0.900. The van der Waals surface area contributed by atoms with Gasteiger partial charge in [0.2, 0.25) is 0 Å². The van der Waals surface area contributed by atoms with Gasteiger partial charge in [0.05, 0.1) is 0 Å². The van der Waals surface area contributed by atoms with Crippen molar-refractivity contribution in [2.75, 3.05) is 0 Å². The predicted molar refractivity (Wildman–Crippen MR) is 74.4 cm³/mol. The number of benzene rings is 2. The molecule has 4 heteroatoms. The maximum atomic E-state index is 13.0. The van der Waals surface area contributed by atoms with E-state index >= 15 is 0 Å². The Morgan fingerprint density at radius 3 is 2.44 bits per heavy atom. The fraction of sp³-hybridized carbons (Fsp3) is 0.143. The van der Waals surface area contributed by atoms with Gasteiger partial charge in [-0.2, -0.15) is 0 Å². The van der Waals surface area contributed by atoms with E-state index in [2.05, 4.69) is 15.9 Å². The second kappa shape index (κ2) is 5.39. The van der Waals surface area contributed by atoms with Crippen LogP contribution < -0.4 is 0 Å². The van der Waals surface area contributed by atoms with Crippen LogP contribution in [0.1, 0.15) is 22.8 Å². The fourth-order valence-corrected chi connectivity index (χ4v) is 2.61. The number of halogens is 3. The topological polar surface area (TPSA) is 20.2 Å². The largest absolute Gasteiger partial charge is 0.384 e. The zero-order chi connectivity index (χ0) is 13.3. The van der Waals surface area contributed by atoms with E-state index in [1.807, 2.05) is 6.07 Å². The Morgan fingerprint density at radius 2 is 1.83 bits per heavy atom. The third-order valence-corrected chi connectivity index (χ3v) is 3.60. The average molecular weight is 330 g/mol. The molecule has 1 nitrogen and oxygen atoms in total. The summed E-state index contributed by atoms with van der Waals surface area (Å²) >= 11 is 9.40. The highest BCUT2D eigenvalue weighted by Crippen LogP contribution is 2.31. The number of hydrogen-bond acceptors (Lipinski definition) is 1. The van der Waals surface area contributed by atoms with E-state index in [0.717, 1.165) is 4.47 Å². The zero-order valence-electron chi connectivity index (χ0n) is 9.62. The minimum atomic E-state index is -0.855. The zero-order valence-corrected chi connectivity index (χ0v) is 12.0. The molecule has 0 aliphatic heterocycles. The minimum Gasteiger partial charge on any atom is -0.384 e. The highest BCUT2D eigenvalue weighted by atomic mass is 79.9. The summed E-state index contributed by atoms with van der Waals surface area (Å²) in [7, 11) is 0. The summed E-state index contributed by atoms with van der Waals surface area (Å²) in [6.45, 7) is 1.76. The molecule has 1 unspecified atom stereocenters. The van der Waals surface area contributed by atoms with Crippen molar-refractivity contribution in [3.63, 3.8) is 0 Å². The van der Waals surface area contributed by atoms with Crippen molar-refractivity contribution in [3.05, 3.63) is 68.4 Å². The molecule has 0 aliphatic carbocycles. The summed E-state index contributed by atoms with van der Waals surface area (Å²) < 4.78 is 13.9. The van der Waals surface area contributed by atoms with E-state index in [9.17, 15) is 9.50 Å². The Bertz CT molecular complexity index is 535. The smallest absolute Gasteiger partial charge is 0.123 e. The van der Waals surface area contributed by atoms with Crippen molar-refractivity contribution in [2.24, 2.45) is 0 Å². The fourth-order valence-electron chi connectivity index (χ4n) is 1.84. The van der Waals surface area contributed by atoms with Crippen LogP contribution in [0.5, 0.6) is 0 Å². The summed E-state index contributed by atoms with van der Waals surface area (Å²) in [6, 6.07) is 9.58. The molecule has 0 radical (unpaired) electrons. The van der Waals surface area contributed by atoms with Crippen molar-refractivity contribution in [2.45, 2.75) is 13.0 Å². The van der Waals surface area contributed by atoms with Gasteiger partial charge >= 0.3 is 0 Å². The highest BCUT2D eigenvalue weighted by Gasteiger charge is 2.16. The summed E-state index contributed by atoms with van der Waals surface area (Å²) in [4.78, 5) is 0. The summed E-state index contributed by atoms with van der Waals surface area (Å²) in [5, 5.41) is 10.8. The molecule has 0 saturated heterocycles. The van der Waals surface area contributed by atoms with Crippen LogP contribution in [0.25, 0.3) is 0 Å². The van der Waals surface area contributed by atoms with Gasteiger partial charge in [0, 0.05) is 15.1 Å². The molecule has 0 aliphatic rings. The Kier molecular flexibility index (Phi) is 4.05. The van der Waals surface area contributed by atoms with E-state index in [4.69, 9.17) is 11.6 Å². The lowest BCUT2D eigenvalue weighted by atomic mass is 9.97. The second-order valence-electron chi connectivity index (χ2n) is 4.07. The van der Waals surface area contributed by atoms with Gasteiger partial charge in [0.1, 0.15) is 11.9 Å². The van der Waals surface area contributed by atoms with E-state index in [1.165, 1.54) is 12.1 Å². The van der Waals surface area contributed by atoms with E-state index < -0.39 is 6.10 Å². The van der Waals surface area contributed by atoms with Gasteiger partial charge in [-0.3, -0.25) is 0 Å². The van der Waals surface area contributed by atoms with Crippen molar-refractivity contribution in [1.82, 2.24) is 0 Å². The van der Waals surface area contributed by atoms with Crippen LogP contribution in [0.2, 0.25) is 5.02 Å². The Morgan fingerprint density at radius 1 is 1.17 bits per heavy atom. The molecule has 18 heavy (non-hydrogen) atoms. The molecule has 0 saturated carbocycles. The average Bonchev–Trinajstić information content (AvgIpc) is 2.28. The second-order valence-corrected chi connectivity index (χ2v) is 5.39. The molecular formula is C14H11BrClFO. The van der Waals surface area contributed by atoms with Gasteiger partial charge in [0.15, 0.2) is 0 Å². The maximum Gasteiger partial charge on any atom is 0.123 e. The predicted octanol–water partition coefficient (Wildman–Crippen LogP) is 4.63. The number of aryl methyl sites for hydroxylation is 1. The number of aliphatic hydroxyl groups is 1. The minimum absolute atomic E-state index is 0.314. The van der Waals surface area contributed by atoms with Gasteiger partial charge in [0.25, 0.3) is 0 Å². The van der Waals surface area contributed by atoms with Gasteiger partial charge in [-0.25, -0.2) is 4.39 Å². The molecule has 0 heterocycles. The number of aliphatic hydroxyl groups excluding tert-OH is 1. The van der Waals surface area contributed by atoms with Crippen molar-refractivity contribution < 1.29 is 9.50 Å². The molecule has 2 rings (SSSR count). The summed E-state index contributed by atoms with van der Waals surface area (Å²) in [5.41, 5.74) is 1.96. The van der Waals surface area contributed by atoms with Crippen molar-refractivity contribution >= 4 is 27.5 Å². The molecule has 94 valence electrons. The van der Waals surface area contributed by atoms with Crippen LogP contribution in [0.4, 0.5) is 4.39 Å². The quantitative estimate of drug-likeness (QED) is 0.851. The lowest BCUT2D eigenvalue weighted by molar-refractivity contribution is 0.219. The highest BCUT2D eigenvalue weighted by molar-refractivity contribution is 9.10. The van der Waals surface area contributed by atoms with Gasteiger partial charge in [-0.05, 0) is 42.3 Å². The third-order valence-electron chi connectivity index (χ3n) is 2.78. The molecular weight excluding hydrogens is 319 g/mol. The monoisotopic (exact) mass is 328 g/mol. The molecule has 0 bridgehead atoms. The van der Waals surface area contributed by atoms with Crippen LogP contribution in [0.15, 0.2) is 40.9 Å². The maximum absolute atomic E-state index is 13.0. The summed E-state index contributed by atoms with van der Waals surface area (Å²) in [5.74, 6) is -0.314. The van der Waals surface area contributed by atoms with E-state index in [-0.39, 0.29) is 5.82 Å². The van der Waals surface area contributed by atoms with Crippen molar-refractivity contribution in [1.29, 1.82) is 0 Å². The van der Waals surface area contributed by atoms with Gasteiger partial charge < -0.3 is 5.11 Å². The molecule has 1 atom stereocenters. The van der Waals surface area contributed by atoms with Crippen molar-refractivity contribution in [3.8, 4) is 0 Å². The Balaban J connectivity index is 2.44. The Labute approximate surface area is 118 Å².